The number of piperazine rings is 1. The van der Waals surface area contributed by atoms with Gasteiger partial charge >= 0.3 is 6.09 Å². The molecule has 1 aliphatic heterocycles. The minimum Gasteiger partial charge on any atom is -0.444 e. The number of pyridine rings is 1. The van der Waals surface area contributed by atoms with Gasteiger partial charge in [-0.15, -0.1) is 5.10 Å². The Morgan fingerprint density at radius 3 is 2.62 bits per heavy atom. The van der Waals surface area contributed by atoms with Crippen LogP contribution in [0.2, 0.25) is 0 Å². The number of nitrogens with zero attached hydrogens (tertiary/aromatic N) is 6. The predicted molar refractivity (Wildman–Crippen MR) is 144 cm³/mol. The number of aliphatic hydroxyl groups excluding tert-OH is 1. The minimum atomic E-state index is -0.647. The fourth-order valence-corrected chi connectivity index (χ4v) is 5.16. The molecule has 3 aliphatic rings. The third kappa shape index (κ3) is 6.28. The van der Waals surface area contributed by atoms with Crippen LogP contribution in [0.1, 0.15) is 70.1 Å². The van der Waals surface area contributed by atoms with Crippen LogP contribution in [-0.4, -0.2) is 75.1 Å². The zero-order valence-corrected chi connectivity index (χ0v) is 22.7. The van der Waals surface area contributed by atoms with Crippen molar-refractivity contribution in [3.63, 3.8) is 0 Å². The third-order valence-corrected chi connectivity index (χ3v) is 7.24. The molecule has 3 heterocycles. The molecule has 0 spiro atoms. The van der Waals surface area contributed by atoms with Gasteiger partial charge in [-0.2, -0.15) is 10.4 Å². The van der Waals surface area contributed by atoms with Crippen LogP contribution in [0, 0.1) is 17.2 Å². The number of carbonyl (C=O) groups excluding carboxylic acids is 2. The monoisotopic (exact) mass is 533 g/mol. The maximum atomic E-state index is 12.7. The van der Waals surface area contributed by atoms with Gasteiger partial charge < -0.3 is 19.6 Å². The highest BCUT2D eigenvalue weighted by molar-refractivity contribution is 5.85. The summed E-state index contributed by atoms with van der Waals surface area (Å²) in [4.78, 5) is 34.0. The molecule has 0 radical (unpaired) electrons. The molecule has 2 aromatic heterocycles. The summed E-state index contributed by atoms with van der Waals surface area (Å²) >= 11 is 0. The van der Waals surface area contributed by atoms with Gasteiger partial charge in [0.2, 0.25) is 5.91 Å². The Hall–Kier alpha value is -3.78. The largest absolute Gasteiger partial charge is 0.444 e. The van der Waals surface area contributed by atoms with Crippen LogP contribution in [0.15, 0.2) is 18.3 Å². The van der Waals surface area contributed by atoms with Crippen LogP contribution >= 0.6 is 0 Å². The van der Waals surface area contributed by atoms with E-state index in [-0.39, 0.29) is 36.7 Å². The summed E-state index contributed by atoms with van der Waals surface area (Å²) < 4.78 is 5.33. The summed E-state index contributed by atoms with van der Waals surface area (Å²) in [5.41, 5.74) is 2.23. The van der Waals surface area contributed by atoms with E-state index in [9.17, 15) is 20.0 Å². The standard InChI is InChI=1S/C28H35N7O4/c1-28(2,3)39-27(38)31-23-13-20(15-30-33-23)21-12-19(14-29)26(32-25(21)18-6-7-18)34-9-10-35(24(37)8-11-36)22(16-34)17-4-5-17/h12-13,15,17-18,22,36H,4-11,16H2,1-3H3,(H,31,33,38)/t22-/m0/s1. The van der Waals surface area contributed by atoms with Crippen molar-refractivity contribution in [1.29, 1.82) is 5.26 Å². The Balaban J connectivity index is 1.43. The Kier molecular flexibility index (Phi) is 7.40. The molecule has 2 aliphatic carbocycles. The summed E-state index contributed by atoms with van der Waals surface area (Å²) in [5, 5.41) is 30.1. The first-order valence-corrected chi connectivity index (χ1v) is 13.6. The fraction of sp³-hybridized carbons (Fsp3) is 0.571. The molecule has 1 saturated heterocycles. The number of ether oxygens (including phenoxy) is 1. The van der Waals surface area contributed by atoms with Crippen molar-refractivity contribution in [2.24, 2.45) is 5.92 Å². The molecule has 2 amide bonds. The molecule has 2 saturated carbocycles. The van der Waals surface area contributed by atoms with Crippen LogP contribution in [0.3, 0.4) is 0 Å². The lowest BCUT2D eigenvalue weighted by Crippen LogP contribution is -2.56. The van der Waals surface area contributed by atoms with Crippen LogP contribution < -0.4 is 10.2 Å². The van der Waals surface area contributed by atoms with E-state index in [1.807, 2.05) is 11.0 Å². The molecule has 0 aromatic carbocycles. The summed E-state index contributed by atoms with van der Waals surface area (Å²) in [6.45, 7) is 6.94. The van der Waals surface area contributed by atoms with Gasteiger partial charge in [0.15, 0.2) is 5.82 Å². The molecular formula is C28H35N7O4. The van der Waals surface area contributed by atoms with Crippen molar-refractivity contribution in [1.82, 2.24) is 20.1 Å². The number of nitrogens with one attached hydrogen (secondary N) is 1. The predicted octanol–water partition coefficient (Wildman–Crippen LogP) is 3.44. The SMILES string of the molecule is CC(C)(C)OC(=O)Nc1cc(-c2cc(C#N)c(N3CCN(C(=O)CCO)[C@H](C4CC4)C3)nc2C2CC2)cnn1. The van der Waals surface area contributed by atoms with Crippen molar-refractivity contribution >= 4 is 23.6 Å². The smallest absolute Gasteiger partial charge is 0.413 e. The molecule has 39 heavy (non-hydrogen) atoms. The number of nitriles is 1. The van der Waals surface area contributed by atoms with Crippen molar-refractivity contribution in [2.75, 3.05) is 36.5 Å². The highest BCUT2D eigenvalue weighted by Gasteiger charge is 2.41. The fourth-order valence-electron chi connectivity index (χ4n) is 5.16. The number of anilines is 2. The number of carbonyl (C=O) groups is 2. The first-order valence-electron chi connectivity index (χ1n) is 13.6. The highest BCUT2D eigenvalue weighted by Crippen LogP contribution is 2.45. The van der Waals surface area contributed by atoms with Crippen LogP contribution in [0.25, 0.3) is 11.1 Å². The Bertz CT molecular complexity index is 1290. The number of aliphatic hydroxyl groups is 1. The maximum Gasteiger partial charge on any atom is 0.413 e. The van der Waals surface area contributed by atoms with Crippen molar-refractivity contribution in [2.45, 2.75) is 70.4 Å². The van der Waals surface area contributed by atoms with E-state index in [1.165, 1.54) is 0 Å². The lowest BCUT2D eigenvalue weighted by atomic mass is 10.00. The quantitative estimate of drug-likeness (QED) is 0.547. The zero-order chi connectivity index (χ0) is 27.7. The van der Waals surface area contributed by atoms with Crippen molar-refractivity contribution in [3.05, 3.63) is 29.6 Å². The second-order valence-electron chi connectivity index (χ2n) is 11.5. The van der Waals surface area contributed by atoms with E-state index in [1.54, 1.807) is 33.0 Å². The van der Waals surface area contributed by atoms with Crippen molar-refractivity contribution in [3.8, 4) is 17.2 Å². The van der Waals surface area contributed by atoms with E-state index >= 15 is 0 Å². The molecule has 11 nitrogen and oxygen atoms in total. The summed E-state index contributed by atoms with van der Waals surface area (Å²) in [5.74, 6) is 1.62. The van der Waals surface area contributed by atoms with Gasteiger partial charge in [-0.05, 0) is 64.5 Å². The third-order valence-electron chi connectivity index (χ3n) is 7.24. The van der Waals surface area contributed by atoms with E-state index < -0.39 is 11.7 Å². The van der Waals surface area contributed by atoms with Gasteiger partial charge in [0.1, 0.15) is 17.5 Å². The first-order chi connectivity index (χ1) is 18.7. The normalized spacial score (nSPS) is 19.4. The second-order valence-corrected chi connectivity index (χ2v) is 11.5. The average Bonchev–Trinajstić information content (AvgIpc) is 3.80. The summed E-state index contributed by atoms with van der Waals surface area (Å²) in [7, 11) is 0. The topological polar surface area (TPSA) is 145 Å². The molecule has 0 bridgehead atoms. The molecule has 5 rings (SSSR count). The van der Waals surface area contributed by atoms with Crippen molar-refractivity contribution < 1.29 is 19.4 Å². The van der Waals surface area contributed by atoms with E-state index in [2.05, 4.69) is 26.5 Å². The van der Waals surface area contributed by atoms with E-state index in [0.29, 0.717) is 42.5 Å². The van der Waals surface area contributed by atoms with Crippen LogP contribution in [0.5, 0.6) is 0 Å². The van der Waals surface area contributed by atoms with Gasteiger partial charge in [-0.25, -0.2) is 9.78 Å². The molecule has 2 aromatic rings. The Morgan fingerprint density at radius 1 is 1.21 bits per heavy atom. The van der Waals surface area contributed by atoms with Gasteiger partial charge in [0.05, 0.1) is 30.1 Å². The Labute approximate surface area is 228 Å². The number of aromatic nitrogens is 3. The lowest BCUT2D eigenvalue weighted by molar-refractivity contribution is -0.135. The molecule has 2 N–H and O–H groups in total. The van der Waals surface area contributed by atoms with Gasteiger partial charge in [0.25, 0.3) is 0 Å². The molecular weight excluding hydrogens is 498 g/mol. The lowest BCUT2D eigenvalue weighted by Gasteiger charge is -2.42. The number of hydrogen-bond donors (Lipinski definition) is 2. The highest BCUT2D eigenvalue weighted by atomic mass is 16.6. The van der Waals surface area contributed by atoms with E-state index in [4.69, 9.17) is 9.72 Å². The van der Waals surface area contributed by atoms with Gasteiger partial charge in [0, 0.05) is 43.1 Å². The van der Waals surface area contributed by atoms with Gasteiger partial charge in [-0.1, -0.05) is 0 Å². The number of hydrogen-bond acceptors (Lipinski definition) is 9. The number of amides is 2. The molecule has 0 unspecified atom stereocenters. The number of rotatable bonds is 7. The molecule has 1 atom stereocenters. The molecule has 11 heteroatoms. The van der Waals surface area contributed by atoms with E-state index in [0.717, 1.165) is 36.9 Å². The minimum absolute atomic E-state index is 0.0162. The molecule has 3 fully saturated rings. The Morgan fingerprint density at radius 2 is 1.97 bits per heavy atom. The maximum absolute atomic E-state index is 12.7. The summed E-state index contributed by atoms with van der Waals surface area (Å²) in [6, 6.07) is 5.97. The van der Waals surface area contributed by atoms with Crippen LogP contribution in [0.4, 0.5) is 16.4 Å². The first kappa shape index (κ1) is 26.8. The molecule has 206 valence electrons. The summed E-state index contributed by atoms with van der Waals surface area (Å²) in [6.07, 6.45) is 5.32. The zero-order valence-electron chi connectivity index (χ0n) is 22.7. The van der Waals surface area contributed by atoms with Crippen LogP contribution in [-0.2, 0) is 9.53 Å². The average molecular weight is 534 g/mol. The van der Waals surface area contributed by atoms with Gasteiger partial charge in [-0.3, -0.25) is 10.1 Å². The second kappa shape index (κ2) is 10.8.